The number of hydrogen-bond donors (Lipinski definition) is 1. The van der Waals surface area contributed by atoms with Gasteiger partial charge in [0.15, 0.2) is 6.61 Å². The Morgan fingerprint density at radius 3 is 1.76 bits per heavy atom. The number of rotatable bonds is 7. The minimum Gasteiger partial charge on any atom is -0.454 e. The number of ether oxygens (including phenoxy) is 1. The third-order valence-electron chi connectivity index (χ3n) is 4.92. The first-order valence-corrected chi connectivity index (χ1v) is 10.1. The fraction of sp³-hybridized carbons (Fsp3) is 0.0800. The molecule has 0 bridgehead atoms. The minimum atomic E-state index is -0.880. The molecule has 4 rings (SSSR count). The monoisotopic (exact) mass is 441 g/mol. The highest BCUT2D eigenvalue weighted by molar-refractivity contribution is 6.22. The molecule has 33 heavy (non-hydrogen) atoms. The maximum atomic E-state index is 12.3. The van der Waals surface area contributed by atoms with Crippen molar-refractivity contribution >= 4 is 29.4 Å². The van der Waals surface area contributed by atoms with Crippen molar-refractivity contribution in [3.05, 3.63) is 107 Å². The molecule has 1 aliphatic heterocycles. The number of fused-ring (bicyclic) bond motifs is 1. The second-order valence-electron chi connectivity index (χ2n) is 7.13. The molecule has 3 aromatic carbocycles. The number of esters is 1. The van der Waals surface area contributed by atoms with E-state index in [0.717, 1.165) is 16.0 Å². The van der Waals surface area contributed by atoms with E-state index in [1.807, 2.05) is 60.7 Å². The first-order valence-electron chi connectivity index (χ1n) is 10.1. The zero-order valence-electron chi connectivity index (χ0n) is 17.4. The van der Waals surface area contributed by atoms with E-state index in [-0.39, 0.29) is 11.1 Å². The van der Waals surface area contributed by atoms with Crippen LogP contribution < -0.4 is 5.43 Å². The Balaban J connectivity index is 1.36. The Bertz CT molecular complexity index is 1160. The molecule has 1 heterocycles. The highest BCUT2D eigenvalue weighted by atomic mass is 16.5. The van der Waals surface area contributed by atoms with Crippen molar-refractivity contribution in [2.45, 2.75) is 0 Å². The molecule has 0 radical (unpaired) electrons. The summed E-state index contributed by atoms with van der Waals surface area (Å²) in [5.74, 6) is -2.68. The van der Waals surface area contributed by atoms with Gasteiger partial charge < -0.3 is 4.74 Å². The topological polar surface area (TPSA) is 105 Å². The van der Waals surface area contributed by atoms with Crippen molar-refractivity contribution in [1.29, 1.82) is 0 Å². The van der Waals surface area contributed by atoms with Crippen LogP contribution in [0.3, 0.4) is 0 Å². The molecule has 0 fully saturated rings. The van der Waals surface area contributed by atoms with Crippen LogP contribution in [0.4, 0.5) is 0 Å². The summed E-state index contributed by atoms with van der Waals surface area (Å²) in [4.78, 5) is 49.8. The van der Waals surface area contributed by atoms with Gasteiger partial charge in [0.05, 0.1) is 16.8 Å². The van der Waals surface area contributed by atoms with Crippen molar-refractivity contribution in [3.8, 4) is 0 Å². The van der Waals surface area contributed by atoms with Gasteiger partial charge in [-0.3, -0.25) is 24.1 Å². The number of carbonyl (C=O) groups is 4. The zero-order chi connectivity index (χ0) is 23.2. The van der Waals surface area contributed by atoms with E-state index in [0.29, 0.717) is 5.71 Å². The fourth-order valence-corrected chi connectivity index (χ4v) is 3.34. The lowest BCUT2D eigenvalue weighted by molar-refractivity contribution is -0.148. The molecule has 0 aliphatic carbocycles. The van der Waals surface area contributed by atoms with Crippen LogP contribution in [-0.2, 0) is 14.3 Å². The highest BCUT2D eigenvalue weighted by Crippen LogP contribution is 2.22. The number of imide groups is 1. The molecule has 0 saturated carbocycles. The number of hydrogen-bond acceptors (Lipinski definition) is 6. The van der Waals surface area contributed by atoms with Crippen LogP contribution in [0.1, 0.15) is 31.8 Å². The number of benzene rings is 3. The quantitative estimate of drug-likeness (QED) is 0.262. The van der Waals surface area contributed by atoms with Gasteiger partial charge >= 0.3 is 5.97 Å². The first-order chi connectivity index (χ1) is 16.0. The molecule has 0 unspecified atom stereocenters. The number of carbonyl (C=O) groups excluding carboxylic acids is 4. The van der Waals surface area contributed by atoms with E-state index in [4.69, 9.17) is 4.74 Å². The van der Waals surface area contributed by atoms with Gasteiger partial charge in [-0.05, 0) is 12.1 Å². The van der Waals surface area contributed by atoms with Crippen LogP contribution >= 0.6 is 0 Å². The van der Waals surface area contributed by atoms with Crippen LogP contribution in [0, 0.1) is 0 Å². The molecule has 8 heteroatoms. The fourth-order valence-electron chi connectivity index (χ4n) is 3.34. The summed E-state index contributed by atoms with van der Waals surface area (Å²) in [6.45, 7) is -1.19. The third-order valence-corrected chi connectivity index (χ3v) is 4.92. The van der Waals surface area contributed by atoms with Gasteiger partial charge in [-0.15, -0.1) is 0 Å². The van der Waals surface area contributed by atoms with Gasteiger partial charge in [0.2, 0.25) is 0 Å². The number of amides is 3. The Hall–Kier alpha value is -4.59. The number of hydrazone groups is 1. The van der Waals surface area contributed by atoms with Crippen LogP contribution in [0.15, 0.2) is 90.0 Å². The van der Waals surface area contributed by atoms with Gasteiger partial charge in [0.1, 0.15) is 6.54 Å². The summed E-state index contributed by atoms with van der Waals surface area (Å²) < 4.78 is 4.94. The minimum absolute atomic E-state index is 0.233. The molecule has 0 atom stereocenters. The van der Waals surface area contributed by atoms with Crippen LogP contribution in [-0.4, -0.2) is 47.5 Å². The largest absolute Gasteiger partial charge is 0.454 e. The Labute approximate surface area is 189 Å². The van der Waals surface area contributed by atoms with E-state index in [9.17, 15) is 19.2 Å². The number of nitrogens with one attached hydrogen (secondary N) is 1. The molecule has 1 aliphatic rings. The molecular weight excluding hydrogens is 422 g/mol. The van der Waals surface area contributed by atoms with Crippen molar-refractivity contribution in [1.82, 2.24) is 10.3 Å². The van der Waals surface area contributed by atoms with Gasteiger partial charge in [0, 0.05) is 11.1 Å². The lowest BCUT2D eigenvalue weighted by Crippen LogP contribution is -2.37. The van der Waals surface area contributed by atoms with E-state index < -0.39 is 36.8 Å². The summed E-state index contributed by atoms with van der Waals surface area (Å²) in [5, 5.41) is 4.20. The lowest BCUT2D eigenvalue weighted by Gasteiger charge is -2.13. The van der Waals surface area contributed by atoms with Gasteiger partial charge in [-0.2, -0.15) is 5.10 Å². The van der Waals surface area contributed by atoms with E-state index in [1.54, 1.807) is 12.1 Å². The standard InChI is InChI=1S/C25H19N3O5/c29-21(26-27-23(17-9-3-1-4-10-17)18-11-5-2-6-12-18)16-33-22(30)15-28-24(31)19-13-7-8-14-20(19)25(28)32/h1-14H,15-16H2,(H,26,29). The molecule has 0 spiro atoms. The molecule has 3 aromatic rings. The summed E-state index contributed by atoms with van der Waals surface area (Å²) in [7, 11) is 0. The lowest BCUT2D eigenvalue weighted by atomic mass is 10.0. The average Bonchev–Trinajstić information content (AvgIpc) is 3.09. The van der Waals surface area contributed by atoms with Crippen LogP contribution in [0.25, 0.3) is 0 Å². The molecule has 8 nitrogen and oxygen atoms in total. The summed E-state index contributed by atoms with van der Waals surface area (Å²) in [6, 6.07) is 24.9. The van der Waals surface area contributed by atoms with Crippen molar-refractivity contribution in [3.63, 3.8) is 0 Å². The molecule has 3 amide bonds. The smallest absolute Gasteiger partial charge is 0.326 e. The SMILES string of the molecule is O=C(COC(=O)CN1C(=O)c2ccccc2C1=O)NN=C(c1ccccc1)c1ccccc1. The molecule has 164 valence electrons. The first kappa shape index (κ1) is 21.6. The Morgan fingerprint density at radius 2 is 1.24 bits per heavy atom. The predicted molar refractivity (Wildman–Crippen MR) is 119 cm³/mol. The molecule has 1 N–H and O–H groups in total. The van der Waals surface area contributed by atoms with Crippen molar-refractivity contribution < 1.29 is 23.9 Å². The third kappa shape index (κ3) is 4.85. The second kappa shape index (κ2) is 9.69. The maximum absolute atomic E-state index is 12.3. The van der Waals surface area contributed by atoms with Crippen molar-refractivity contribution in [2.24, 2.45) is 5.10 Å². The number of nitrogens with zero attached hydrogens (tertiary/aromatic N) is 2. The summed E-state index contributed by atoms with van der Waals surface area (Å²) in [5.41, 5.74) is 4.99. The van der Waals surface area contributed by atoms with Crippen LogP contribution in [0.5, 0.6) is 0 Å². The van der Waals surface area contributed by atoms with Crippen LogP contribution in [0.2, 0.25) is 0 Å². The second-order valence-corrected chi connectivity index (χ2v) is 7.13. The summed E-state index contributed by atoms with van der Waals surface area (Å²) in [6.07, 6.45) is 0. The average molecular weight is 441 g/mol. The van der Waals surface area contributed by atoms with Gasteiger partial charge in [-0.25, -0.2) is 5.43 Å². The Morgan fingerprint density at radius 1 is 0.758 bits per heavy atom. The maximum Gasteiger partial charge on any atom is 0.326 e. The molecule has 0 saturated heterocycles. The van der Waals surface area contributed by atoms with Crippen molar-refractivity contribution in [2.75, 3.05) is 13.2 Å². The van der Waals surface area contributed by atoms with E-state index in [1.165, 1.54) is 12.1 Å². The molecular formula is C25H19N3O5. The van der Waals surface area contributed by atoms with Gasteiger partial charge in [-0.1, -0.05) is 72.8 Å². The molecule has 0 aromatic heterocycles. The summed E-state index contributed by atoms with van der Waals surface area (Å²) >= 11 is 0. The predicted octanol–water partition coefficient (Wildman–Crippen LogP) is 2.39. The highest BCUT2D eigenvalue weighted by Gasteiger charge is 2.36. The Kier molecular flexibility index (Phi) is 6.36. The van der Waals surface area contributed by atoms with Gasteiger partial charge in [0.25, 0.3) is 17.7 Å². The van der Waals surface area contributed by atoms with E-state index >= 15 is 0 Å². The normalized spacial score (nSPS) is 12.2. The van der Waals surface area contributed by atoms with E-state index in [2.05, 4.69) is 10.5 Å². The zero-order valence-corrected chi connectivity index (χ0v) is 17.4.